The summed E-state index contributed by atoms with van der Waals surface area (Å²) in [6, 6.07) is 0. The van der Waals surface area contributed by atoms with Crippen LogP contribution in [0.1, 0.15) is 361 Å². The largest absolute Gasteiger partial charge is 0.462 e. The van der Waals surface area contributed by atoms with Crippen LogP contribution in [-0.2, 0) is 28.6 Å². The van der Waals surface area contributed by atoms with Crippen LogP contribution in [0, 0.1) is 0 Å². The molecule has 0 aliphatic rings. The first-order chi connectivity index (χ1) is 38.5. The lowest BCUT2D eigenvalue weighted by atomic mass is 10.0. The Balaban J connectivity index is 4.14. The van der Waals surface area contributed by atoms with Crippen molar-refractivity contribution in [3.63, 3.8) is 0 Å². The van der Waals surface area contributed by atoms with Crippen LogP contribution in [0.3, 0.4) is 0 Å². The van der Waals surface area contributed by atoms with E-state index in [1.807, 2.05) is 0 Å². The number of esters is 3. The van der Waals surface area contributed by atoms with Crippen molar-refractivity contribution in [2.45, 2.75) is 367 Å². The van der Waals surface area contributed by atoms with Crippen LogP contribution in [0.2, 0.25) is 0 Å². The highest BCUT2D eigenvalue weighted by molar-refractivity contribution is 5.71. The molecule has 0 spiro atoms. The van der Waals surface area contributed by atoms with E-state index >= 15 is 0 Å². The third-order valence-electron chi connectivity index (χ3n) is 15.3. The van der Waals surface area contributed by atoms with Gasteiger partial charge in [0.1, 0.15) is 13.2 Å². The SMILES string of the molecule is CC/C=C\C/C=C\C/C=C\C/C=C\C/C=C\CCCCCCCCCCCCCCCCCC(=O)OCC(COC(=O)CCCCCCCCCCCCC)OC(=O)CCCCCCCCCCCCCCCCCCCC. The molecule has 6 heteroatoms. The third-order valence-corrected chi connectivity index (χ3v) is 15.3. The zero-order valence-electron chi connectivity index (χ0n) is 52.2. The third kappa shape index (κ3) is 63.9. The Labute approximate surface area is 485 Å². The molecule has 0 aliphatic heterocycles. The van der Waals surface area contributed by atoms with Gasteiger partial charge in [-0.15, -0.1) is 0 Å². The van der Waals surface area contributed by atoms with Gasteiger partial charge in [-0.1, -0.05) is 338 Å². The van der Waals surface area contributed by atoms with Crippen LogP contribution in [0.4, 0.5) is 0 Å². The van der Waals surface area contributed by atoms with Crippen LogP contribution in [0.25, 0.3) is 0 Å². The van der Waals surface area contributed by atoms with E-state index < -0.39 is 6.10 Å². The zero-order valence-corrected chi connectivity index (χ0v) is 52.2. The molecule has 0 aromatic rings. The van der Waals surface area contributed by atoms with E-state index in [2.05, 4.69) is 81.5 Å². The summed E-state index contributed by atoms with van der Waals surface area (Å²) in [5.41, 5.74) is 0. The molecule has 0 amide bonds. The van der Waals surface area contributed by atoms with Gasteiger partial charge < -0.3 is 14.2 Å². The number of ether oxygens (including phenoxy) is 3. The van der Waals surface area contributed by atoms with Crippen LogP contribution < -0.4 is 0 Å². The first-order valence-corrected chi connectivity index (χ1v) is 34.3. The fourth-order valence-electron chi connectivity index (χ4n) is 10.2. The summed E-state index contributed by atoms with van der Waals surface area (Å²) in [6.45, 7) is 6.58. The van der Waals surface area contributed by atoms with E-state index in [9.17, 15) is 14.4 Å². The van der Waals surface area contributed by atoms with Crippen molar-refractivity contribution in [3.8, 4) is 0 Å². The molecule has 6 nitrogen and oxygen atoms in total. The highest BCUT2D eigenvalue weighted by Crippen LogP contribution is 2.18. The van der Waals surface area contributed by atoms with Crippen molar-refractivity contribution < 1.29 is 28.6 Å². The Morgan fingerprint density at radius 3 is 0.782 bits per heavy atom. The highest BCUT2D eigenvalue weighted by atomic mass is 16.6. The van der Waals surface area contributed by atoms with Gasteiger partial charge >= 0.3 is 17.9 Å². The minimum atomic E-state index is -0.769. The molecule has 0 aliphatic carbocycles. The maximum Gasteiger partial charge on any atom is 0.306 e. The Bertz CT molecular complexity index is 1390. The van der Waals surface area contributed by atoms with E-state index in [4.69, 9.17) is 14.2 Å². The summed E-state index contributed by atoms with van der Waals surface area (Å²) in [6.07, 6.45) is 85.3. The van der Waals surface area contributed by atoms with Gasteiger partial charge in [-0.25, -0.2) is 0 Å². The molecule has 1 unspecified atom stereocenters. The average Bonchev–Trinajstić information content (AvgIpc) is 3.44. The summed E-state index contributed by atoms with van der Waals surface area (Å²) in [4.78, 5) is 38.3. The Kier molecular flexibility index (Phi) is 64.2. The molecular formula is C72H130O6. The van der Waals surface area contributed by atoms with Crippen LogP contribution in [-0.4, -0.2) is 37.2 Å². The second kappa shape index (κ2) is 66.6. The Morgan fingerprint density at radius 2 is 0.500 bits per heavy atom. The molecular weight excluding hydrogens is 961 g/mol. The van der Waals surface area contributed by atoms with Crippen LogP contribution in [0.15, 0.2) is 60.8 Å². The first kappa shape index (κ1) is 75.1. The fraction of sp³-hybridized carbons (Fsp3) is 0.819. The molecule has 0 heterocycles. The van der Waals surface area contributed by atoms with Gasteiger partial charge in [0.2, 0.25) is 0 Å². The van der Waals surface area contributed by atoms with Gasteiger partial charge in [0.25, 0.3) is 0 Å². The summed E-state index contributed by atoms with van der Waals surface area (Å²) >= 11 is 0. The summed E-state index contributed by atoms with van der Waals surface area (Å²) < 4.78 is 17.0. The number of carbonyl (C=O) groups excluding carboxylic acids is 3. The zero-order chi connectivity index (χ0) is 56.4. The Morgan fingerprint density at radius 1 is 0.269 bits per heavy atom. The van der Waals surface area contributed by atoms with Gasteiger partial charge in [-0.2, -0.15) is 0 Å². The highest BCUT2D eigenvalue weighted by Gasteiger charge is 2.19. The van der Waals surface area contributed by atoms with Crippen LogP contribution >= 0.6 is 0 Å². The monoisotopic (exact) mass is 1090 g/mol. The lowest BCUT2D eigenvalue weighted by Gasteiger charge is -2.18. The first-order valence-electron chi connectivity index (χ1n) is 34.3. The van der Waals surface area contributed by atoms with Crippen molar-refractivity contribution in [1.82, 2.24) is 0 Å². The molecule has 78 heavy (non-hydrogen) atoms. The van der Waals surface area contributed by atoms with Crippen molar-refractivity contribution >= 4 is 17.9 Å². The molecule has 0 N–H and O–H groups in total. The molecule has 0 saturated carbocycles. The minimum Gasteiger partial charge on any atom is -0.462 e. The second-order valence-electron chi connectivity index (χ2n) is 23.1. The molecule has 0 rings (SSSR count). The molecule has 0 aromatic carbocycles. The number of carbonyl (C=O) groups is 3. The number of rotatable bonds is 63. The number of unbranched alkanes of at least 4 members (excludes halogenated alkanes) is 42. The second-order valence-corrected chi connectivity index (χ2v) is 23.1. The smallest absolute Gasteiger partial charge is 0.306 e. The quantitative estimate of drug-likeness (QED) is 0.0261. The molecule has 0 saturated heterocycles. The predicted octanol–water partition coefficient (Wildman–Crippen LogP) is 23.5. The topological polar surface area (TPSA) is 78.9 Å². The summed E-state index contributed by atoms with van der Waals surface area (Å²) in [5, 5.41) is 0. The van der Waals surface area contributed by atoms with E-state index in [-0.39, 0.29) is 31.1 Å². The van der Waals surface area contributed by atoms with E-state index in [0.717, 1.165) is 89.9 Å². The molecule has 0 radical (unpaired) electrons. The summed E-state index contributed by atoms with van der Waals surface area (Å²) in [7, 11) is 0. The minimum absolute atomic E-state index is 0.0670. The van der Waals surface area contributed by atoms with Gasteiger partial charge in [0.15, 0.2) is 6.10 Å². The van der Waals surface area contributed by atoms with E-state index in [1.165, 1.54) is 231 Å². The van der Waals surface area contributed by atoms with Gasteiger partial charge in [-0.3, -0.25) is 14.4 Å². The van der Waals surface area contributed by atoms with Crippen molar-refractivity contribution in [2.24, 2.45) is 0 Å². The molecule has 0 aromatic heterocycles. The number of allylic oxidation sites excluding steroid dienone is 10. The normalized spacial score (nSPS) is 12.4. The molecule has 0 bridgehead atoms. The Hall–Kier alpha value is -2.89. The van der Waals surface area contributed by atoms with Crippen molar-refractivity contribution in [1.29, 1.82) is 0 Å². The lowest BCUT2D eigenvalue weighted by molar-refractivity contribution is -0.167. The van der Waals surface area contributed by atoms with Gasteiger partial charge in [0, 0.05) is 19.3 Å². The summed E-state index contributed by atoms with van der Waals surface area (Å²) in [5.74, 6) is -0.843. The maximum atomic E-state index is 12.9. The van der Waals surface area contributed by atoms with Crippen molar-refractivity contribution in [2.75, 3.05) is 13.2 Å². The average molecular weight is 1090 g/mol. The van der Waals surface area contributed by atoms with Gasteiger partial charge in [-0.05, 0) is 64.2 Å². The molecule has 1 atom stereocenters. The van der Waals surface area contributed by atoms with E-state index in [0.29, 0.717) is 19.3 Å². The molecule has 454 valence electrons. The standard InChI is InChI=1S/C72H130O6/c1-4-7-10-13-16-19-22-24-26-28-30-31-32-33-34-35-36-37-38-39-40-41-42-44-45-47-50-53-56-59-62-65-71(74)77-68-69(67-76-70(73)64-61-58-55-52-49-21-18-15-12-9-6-3)78-72(75)66-63-60-57-54-51-48-46-43-29-27-25-23-20-17-14-11-8-5-2/h7,10,16,19,24,26,30-31,33-34,69H,4-6,8-9,11-15,17-18,20-23,25,27-29,32,35-68H2,1-3H3/b10-7-,19-16-,26-24-,31-30-,34-33-. The number of hydrogen-bond donors (Lipinski definition) is 0. The predicted molar refractivity (Wildman–Crippen MR) is 339 cm³/mol. The maximum absolute atomic E-state index is 12.9. The lowest BCUT2D eigenvalue weighted by Crippen LogP contribution is -2.30. The fourth-order valence-corrected chi connectivity index (χ4v) is 10.2. The van der Waals surface area contributed by atoms with Gasteiger partial charge in [0.05, 0.1) is 0 Å². The van der Waals surface area contributed by atoms with Crippen LogP contribution in [0.5, 0.6) is 0 Å². The van der Waals surface area contributed by atoms with Crippen molar-refractivity contribution in [3.05, 3.63) is 60.8 Å². The molecule has 0 fully saturated rings. The van der Waals surface area contributed by atoms with E-state index in [1.54, 1.807) is 0 Å². The number of hydrogen-bond acceptors (Lipinski definition) is 6.